The second kappa shape index (κ2) is 7.02. The van der Waals surface area contributed by atoms with Gasteiger partial charge in [0, 0.05) is 23.9 Å². The van der Waals surface area contributed by atoms with Gasteiger partial charge in [-0.15, -0.1) is 0 Å². The lowest BCUT2D eigenvalue weighted by molar-refractivity contribution is -0.128. The third kappa shape index (κ3) is 5.38. The highest BCUT2D eigenvalue weighted by atomic mass is 16.2. The fraction of sp³-hybridized carbons (Fsp3) is 0.438. The first-order chi connectivity index (χ1) is 9.71. The number of Topliss-reactive ketones (excluding diaryl/α,β-unsaturated/α-hetero) is 2. The maximum atomic E-state index is 11.9. The summed E-state index contributed by atoms with van der Waals surface area (Å²) in [5.41, 5.74) is 5.95. The smallest absolute Gasteiger partial charge is 0.253 e. The number of anilines is 1. The van der Waals surface area contributed by atoms with Gasteiger partial charge in [-0.1, -0.05) is 32.9 Å². The molecule has 1 aromatic rings. The fourth-order valence-electron chi connectivity index (χ4n) is 1.69. The fourth-order valence-corrected chi connectivity index (χ4v) is 1.69. The Morgan fingerprint density at radius 1 is 1.10 bits per heavy atom. The molecule has 0 bridgehead atoms. The van der Waals surface area contributed by atoms with Gasteiger partial charge in [0.2, 0.25) is 0 Å². The van der Waals surface area contributed by atoms with Crippen molar-refractivity contribution in [2.45, 2.75) is 33.6 Å². The molecule has 0 fully saturated rings. The molecule has 1 rings (SSSR count). The summed E-state index contributed by atoms with van der Waals surface area (Å²) >= 11 is 0. The van der Waals surface area contributed by atoms with Crippen molar-refractivity contribution in [1.82, 2.24) is 5.32 Å². The molecule has 1 aromatic carbocycles. The number of ketones is 2. The SMILES string of the molecule is CC(C)(C)C(=O)CCC(=O)CNC(=O)c1ccccc1N. The molecule has 0 saturated heterocycles. The van der Waals surface area contributed by atoms with E-state index in [0.717, 1.165) is 0 Å². The molecule has 21 heavy (non-hydrogen) atoms. The van der Waals surface area contributed by atoms with Gasteiger partial charge >= 0.3 is 0 Å². The highest BCUT2D eigenvalue weighted by Crippen LogP contribution is 2.17. The van der Waals surface area contributed by atoms with E-state index in [4.69, 9.17) is 5.73 Å². The quantitative estimate of drug-likeness (QED) is 0.784. The van der Waals surface area contributed by atoms with Crippen LogP contribution in [0.3, 0.4) is 0 Å². The van der Waals surface area contributed by atoms with Crippen molar-refractivity contribution in [1.29, 1.82) is 0 Å². The van der Waals surface area contributed by atoms with E-state index in [2.05, 4.69) is 5.32 Å². The van der Waals surface area contributed by atoms with E-state index in [9.17, 15) is 14.4 Å². The summed E-state index contributed by atoms with van der Waals surface area (Å²) in [4.78, 5) is 35.3. The van der Waals surface area contributed by atoms with Gasteiger partial charge in [0.1, 0.15) is 5.78 Å². The van der Waals surface area contributed by atoms with E-state index in [1.54, 1.807) is 24.3 Å². The number of carbonyl (C=O) groups is 3. The largest absolute Gasteiger partial charge is 0.398 e. The van der Waals surface area contributed by atoms with Gasteiger partial charge in [-0.05, 0) is 12.1 Å². The van der Waals surface area contributed by atoms with E-state index < -0.39 is 5.41 Å². The van der Waals surface area contributed by atoms with E-state index in [1.165, 1.54) is 0 Å². The molecule has 0 aromatic heterocycles. The molecule has 0 saturated carbocycles. The van der Waals surface area contributed by atoms with Crippen molar-refractivity contribution in [3.8, 4) is 0 Å². The number of benzene rings is 1. The number of amides is 1. The molecular weight excluding hydrogens is 268 g/mol. The Morgan fingerprint density at radius 3 is 2.29 bits per heavy atom. The molecule has 0 aliphatic carbocycles. The average molecular weight is 290 g/mol. The van der Waals surface area contributed by atoms with Crippen LogP contribution in [0.15, 0.2) is 24.3 Å². The van der Waals surface area contributed by atoms with E-state index in [0.29, 0.717) is 11.3 Å². The Kier molecular flexibility index (Phi) is 5.64. The first-order valence-corrected chi connectivity index (χ1v) is 6.89. The molecule has 0 spiro atoms. The number of nitrogens with two attached hydrogens (primary N) is 1. The summed E-state index contributed by atoms with van der Waals surface area (Å²) in [6, 6.07) is 6.65. The minimum Gasteiger partial charge on any atom is -0.398 e. The summed E-state index contributed by atoms with van der Waals surface area (Å²) < 4.78 is 0. The van der Waals surface area contributed by atoms with Crippen LogP contribution in [-0.4, -0.2) is 24.0 Å². The summed E-state index contributed by atoms with van der Waals surface area (Å²) in [5.74, 6) is -0.520. The minimum atomic E-state index is -0.442. The van der Waals surface area contributed by atoms with E-state index in [1.807, 2.05) is 20.8 Å². The van der Waals surface area contributed by atoms with E-state index in [-0.39, 0.29) is 36.9 Å². The van der Waals surface area contributed by atoms with Crippen LogP contribution >= 0.6 is 0 Å². The number of para-hydroxylation sites is 1. The van der Waals surface area contributed by atoms with Crippen LogP contribution in [0.1, 0.15) is 44.0 Å². The molecule has 1 amide bonds. The molecule has 0 aliphatic heterocycles. The predicted molar refractivity (Wildman–Crippen MR) is 81.9 cm³/mol. The molecule has 0 aliphatic rings. The first-order valence-electron chi connectivity index (χ1n) is 6.89. The Balaban J connectivity index is 2.42. The van der Waals surface area contributed by atoms with Crippen LogP contribution in [0.25, 0.3) is 0 Å². The Hall–Kier alpha value is -2.17. The van der Waals surface area contributed by atoms with Crippen LogP contribution in [0.2, 0.25) is 0 Å². The highest BCUT2D eigenvalue weighted by Gasteiger charge is 2.21. The Morgan fingerprint density at radius 2 is 1.71 bits per heavy atom. The van der Waals surface area contributed by atoms with Crippen molar-refractivity contribution >= 4 is 23.2 Å². The highest BCUT2D eigenvalue weighted by molar-refractivity contribution is 6.01. The van der Waals surface area contributed by atoms with Crippen molar-refractivity contribution < 1.29 is 14.4 Å². The molecule has 5 nitrogen and oxygen atoms in total. The molecule has 0 unspecified atom stereocenters. The van der Waals surface area contributed by atoms with Crippen LogP contribution in [0, 0.1) is 5.41 Å². The van der Waals surface area contributed by atoms with Gasteiger partial charge in [0.25, 0.3) is 5.91 Å². The Bertz CT molecular complexity index is 545. The minimum absolute atomic E-state index is 0.0366. The predicted octanol–water partition coefficient (Wildman–Crippen LogP) is 1.96. The lowest BCUT2D eigenvalue weighted by atomic mass is 9.88. The maximum Gasteiger partial charge on any atom is 0.253 e. The summed E-state index contributed by atoms with van der Waals surface area (Å²) in [7, 11) is 0. The summed E-state index contributed by atoms with van der Waals surface area (Å²) in [5, 5.41) is 2.52. The lowest BCUT2D eigenvalue weighted by Crippen LogP contribution is -2.30. The first kappa shape index (κ1) is 16.9. The van der Waals surface area contributed by atoms with Crippen molar-refractivity contribution in [2.24, 2.45) is 5.41 Å². The standard InChI is InChI=1S/C16H22N2O3/c1-16(2,3)14(20)9-8-11(19)10-18-15(21)12-6-4-5-7-13(12)17/h4-7H,8-10,17H2,1-3H3,(H,18,21). The van der Waals surface area contributed by atoms with Crippen LogP contribution < -0.4 is 11.1 Å². The van der Waals surface area contributed by atoms with Gasteiger partial charge in [0.05, 0.1) is 12.1 Å². The number of hydrogen-bond donors (Lipinski definition) is 2. The summed E-state index contributed by atoms with van der Waals surface area (Å²) in [6.07, 6.45) is 0.340. The molecule has 0 heterocycles. The lowest BCUT2D eigenvalue weighted by Gasteiger charge is -2.15. The van der Waals surface area contributed by atoms with Crippen LogP contribution in [0.5, 0.6) is 0 Å². The molecule has 3 N–H and O–H groups in total. The molecule has 0 atom stereocenters. The van der Waals surface area contributed by atoms with Crippen LogP contribution in [-0.2, 0) is 9.59 Å². The van der Waals surface area contributed by atoms with Crippen molar-refractivity contribution in [2.75, 3.05) is 12.3 Å². The zero-order valence-corrected chi connectivity index (χ0v) is 12.7. The number of carbonyl (C=O) groups excluding carboxylic acids is 3. The van der Waals surface area contributed by atoms with Gasteiger partial charge in [-0.2, -0.15) is 0 Å². The van der Waals surface area contributed by atoms with Crippen molar-refractivity contribution in [3.63, 3.8) is 0 Å². The van der Waals surface area contributed by atoms with Gasteiger partial charge in [0.15, 0.2) is 5.78 Å². The molecule has 0 radical (unpaired) electrons. The second-order valence-corrected chi connectivity index (χ2v) is 5.98. The van der Waals surface area contributed by atoms with E-state index >= 15 is 0 Å². The van der Waals surface area contributed by atoms with Crippen LogP contribution in [0.4, 0.5) is 5.69 Å². The number of hydrogen-bond acceptors (Lipinski definition) is 4. The zero-order chi connectivity index (χ0) is 16.0. The van der Waals surface area contributed by atoms with Gasteiger partial charge < -0.3 is 11.1 Å². The Labute approximate surface area is 124 Å². The molecule has 114 valence electrons. The number of nitrogens with one attached hydrogen (secondary N) is 1. The normalized spacial score (nSPS) is 11.0. The maximum absolute atomic E-state index is 11.9. The molecular formula is C16H22N2O3. The molecule has 5 heteroatoms. The number of rotatable bonds is 6. The number of nitrogen functional groups attached to an aromatic ring is 1. The second-order valence-electron chi connectivity index (χ2n) is 5.98. The third-order valence-electron chi connectivity index (χ3n) is 3.12. The van der Waals surface area contributed by atoms with Crippen molar-refractivity contribution in [3.05, 3.63) is 29.8 Å². The zero-order valence-electron chi connectivity index (χ0n) is 12.7. The van der Waals surface area contributed by atoms with Gasteiger partial charge in [-0.3, -0.25) is 14.4 Å². The average Bonchev–Trinajstić information content (AvgIpc) is 2.41. The van der Waals surface area contributed by atoms with Gasteiger partial charge in [-0.25, -0.2) is 0 Å². The summed E-state index contributed by atoms with van der Waals surface area (Å²) in [6.45, 7) is 5.36. The topological polar surface area (TPSA) is 89.3 Å². The third-order valence-corrected chi connectivity index (χ3v) is 3.12. The monoisotopic (exact) mass is 290 g/mol.